The zero-order valence-corrected chi connectivity index (χ0v) is 21.5. The van der Waals surface area contributed by atoms with Crippen molar-refractivity contribution in [3.8, 4) is 22.1 Å². The van der Waals surface area contributed by atoms with Crippen LogP contribution in [0.4, 0.5) is 0 Å². The number of amides is 1. The van der Waals surface area contributed by atoms with Crippen LogP contribution in [0.25, 0.3) is 10.6 Å². The Bertz CT molecular complexity index is 1320. The van der Waals surface area contributed by atoms with Crippen molar-refractivity contribution < 1.29 is 24.5 Å². The van der Waals surface area contributed by atoms with Gasteiger partial charge in [0.2, 0.25) is 5.78 Å². The number of carbonyl (C=O) groups excluding carboxylic acids is 2. The number of rotatable bonds is 9. The molecule has 2 N–H and O–H groups in total. The average molecular weight is 508 g/mol. The number of thiazole rings is 1. The van der Waals surface area contributed by atoms with Crippen LogP contribution in [0.5, 0.6) is 11.5 Å². The van der Waals surface area contributed by atoms with Gasteiger partial charge in [0, 0.05) is 12.1 Å². The molecule has 9 heteroatoms. The smallest absolute Gasteiger partial charge is 0.290 e. The van der Waals surface area contributed by atoms with E-state index in [9.17, 15) is 19.8 Å². The van der Waals surface area contributed by atoms with Crippen LogP contribution in [0.1, 0.15) is 33.4 Å². The lowest BCUT2D eigenvalue weighted by Gasteiger charge is -2.27. The second kappa shape index (κ2) is 10.5. The molecule has 1 unspecified atom stereocenters. The van der Waals surface area contributed by atoms with Gasteiger partial charge in [0.15, 0.2) is 17.3 Å². The van der Waals surface area contributed by atoms with Gasteiger partial charge >= 0.3 is 0 Å². The maximum atomic E-state index is 13.9. The summed E-state index contributed by atoms with van der Waals surface area (Å²) in [6.45, 7) is 2.79. The molecule has 36 heavy (non-hydrogen) atoms. The van der Waals surface area contributed by atoms with Crippen LogP contribution in [0.2, 0.25) is 0 Å². The number of ether oxygens (including phenoxy) is 1. The fourth-order valence-electron chi connectivity index (χ4n) is 4.33. The van der Waals surface area contributed by atoms with E-state index in [1.165, 1.54) is 29.4 Å². The summed E-state index contributed by atoms with van der Waals surface area (Å²) in [6.07, 6.45) is 0.643. The molecule has 188 valence electrons. The van der Waals surface area contributed by atoms with Crippen LogP contribution in [0.3, 0.4) is 0 Å². The van der Waals surface area contributed by atoms with Gasteiger partial charge in [-0.2, -0.15) is 0 Å². The second-order valence-corrected chi connectivity index (χ2v) is 9.88. The Kier molecular flexibility index (Phi) is 7.42. The third-order valence-corrected chi connectivity index (χ3v) is 7.30. The van der Waals surface area contributed by atoms with Crippen LogP contribution in [-0.4, -0.2) is 71.0 Å². The Morgan fingerprint density at radius 3 is 2.53 bits per heavy atom. The highest BCUT2D eigenvalue weighted by molar-refractivity contribution is 7.17. The molecule has 0 radical (unpaired) electrons. The normalized spacial score (nSPS) is 15.8. The van der Waals surface area contributed by atoms with Crippen LogP contribution in [0, 0.1) is 6.92 Å². The van der Waals surface area contributed by atoms with E-state index in [0.717, 1.165) is 12.1 Å². The van der Waals surface area contributed by atoms with Gasteiger partial charge in [0.05, 0.1) is 29.3 Å². The second-order valence-electron chi connectivity index (χ2n) is 8.88. The molecule has 0 spiro atoms. The monoisotopic (exact) mass is 507 g/mol. The van der Waals surface area contributed by atoms with Gasteiger partial charge in [-0.1, -0.05) is 36.4 Å². The van der Waals surface area contributed by atoms with Crippen molar-refractivity contribution in [2.45, 2.75) is 19.4 Å². The average Bonchev–Trinajstić information content (AvgIpc) is 3.37. The molecule has 1 aliphatic heterocycles. The SMILES string of the molecule is COc1ccc(C2C(C(=O)c3sc(-c4ccccc4)nc3C)=C(O)C(=O)N2CCCN(C)C)cc1O. The summed E-state index contributed by atoms with van der Waals surface area (Å²) in [5, 5.41) is 22.0. The molecule has 8 nitrogen and oxygen atoms in total. The summed E-state index contributed by atoms with van der Waals surface area (Å²) in [7, 11) is 5.32. The molecule has 2 heterocycles. The van der Waals surface area contributed by atoms with Gasteiger partial charge in [0.25, 0.3) is 5.91 Å². The molecule has 1 amide bonds. The number of hydrogen-bond acceptors (Lipinski definition) is 8. The number of ketones is 1. The lowest BCUT2D eigenvalue weighted by Crippen LogP contribution is -2.33. The number of carbonyl (C=O) groups is 2. The topological polar surface area (TPSA) is 103 Å². The highest BCUT2D eigenvalue weighted by Gasteiger charge is 2.44. The number of phenols is 1. The Labute approximate surface area is 214 Å². The zero-order chi connectivity index (χ0) is 26.0. The van der Waals surface area contributed by atoms with Crippen LogP contribution < -0.4 is 4.74 Å². The van der Waals surface area contributed by atoms with Crippen molar-refractivity contribution in [2.75, 3.05) is 34.3 Å². The largest absolute Gasteiger partial charge is 0.504 e. The van der Waals surface area contributed by atoms with E-state index >= 15 is 0 Å². The van der Waals surface area contributed by atoms with E-state index < -0.39 is 23.5 Å². The molecule has 0 fully saturated rings. The minimum atomic E-state index is -0.856. The van der Waals surface area contributed by atoms with Crippen LogP contribution in [-0.2, 0) is 4.79 Å². The van der Waals surface area contributed by atoms with E-state index in [1.807, 2.05) is 49.3 Å². The van der Waals surface area contributed by atoms with Gasteiger partial charge < -0.3 is 24.7 Å². The highest BCUT2D eigenvalue weighted by atomic mass is 32.1. The van der Waals surface area contributed by atoms with Crippen LogP contribution in [0.15, 0.2) is 59.9 Å². The van der Waals surface area contributed by atoms with Gasteiger partial charge in [-0.25, -0.2) is 4.98 Å². The maximum absolute atomic E-state index is 13.9. The lowest BCUT2D eigenvalue weighted by atomic mass is 9.94. The van der Waals surface area contributed by atoms with Gasteiger partial charge in [0.1, 0.15) is 5.01 Å². The van der Waals surface area contributed by atoms with Gasteiger partial charge in [-0.3, -0.25) is 9.59 Å². The maximum Gasteiger partial charge on any atom is 0.290 e. The third kappa shape index (κ3) is 4.84. The number of Topliss-reactive ketones (excluding diaryl/α,β-unsaturated/α-hetero) is 1. The Hall–Kier alpha value is -3.69. The standard InChI is InChI=1S/C27H29N3O5S/c1-16-25(36-26(28-16)17-9-6-5-7-10-17)23(32)21-22(18-11-12-20(35-4)19(31)15-18)30(27(34)24(21)33)14-8-13-29(2)3/h5-7,9-12,15,22,31,33H,8,13-14H2,1-4H3. The van der Waals surface area contributed by atoms with E-state index in [-0.39, 0.29) is 17.1 Å². The fraction of sp³-hybridized carbons (Fsp3) is 0.296. The van der Waals surface area contributed by atoms with E-state index in [2.05, 4.69) is 4.98 Å². The molecule has 0 bridgehead atoms. The fourth-order valence-corrected chi connectivity index (χ4v) is 5.36. The summed E-state index contributed by atoms with van der Waals surface area (Å²) in [5.74, 6) is -1.47. The minimum absolute atomic E-state index is 0.0132. The number of methoxy groups -OCH3 is 1. The summed E-state index contributed by atoms with van der Waals surface area (Å²) < 4.78 is 5.16. The summed E-state index contributed by atoms with van der Waals surface area (Å²) in [5.41, 5.74) is 1.90. The predicted molar refractivity (Wildman–Crippen MR) is 139 cm³/mol. The number of aryl methyl sites for hydroxylation is 1. The first-order chi connectivity index (χ1) is 17.2. The molecule has 3 aromatic rings. The molecule has 1 aromatic heterocycles. The zero-order valence-electron chi connectivity index (χ0n) is 20.7. The minimum Gasteiger partial charge on any atom is -0.504 e. The van der Waals surface area contributed by atoms with Crippen molar-refractivity contribution in [3.63, 3.8) is 0 Å². The van der Waals surface area contributed by atoms with Gasteiger partial charge in [-0.15, -0.1) is 11.3 Å². The number of benzene rings is 2. The molecule has 0 saturated heterocycles. The van der Waals surface area contributed by atoms with Crippen LogP contribution >= 0.6 is 11.3 Å². The molecular weight excluding hydrogens is 478 g/mol. The van der Waals surface area contributed by atoms with E-state index in [0.29, 0.717) is 34.1 Å². The molecular formula is C27H29N3O5S. The number of nitrogens with zero attached hydrogens (tertiary/aromatic N) is 3. The molecule has 0 saturated carbocycles. The van der Waals surface area contributed by atoms with E-state index in [4.69, 9.17) is 4.74 Å². The number of hydrogen-bond donors (Lipinski definition) is 2. The Morgan fingerprint density at radius 1 is 1.17 bits per heavy atom. The van der Waals surface area contributed by atoms with Crippen molar-refractivity contribution in [3.05, 3.63) is 76.0 Å². The first-order valence-electron chi connectivity index (χ1n) is 11.6. The summed E-state index contributed by atoms with van der Waals surface area (Å²) in [4.78, 5) is 35.5. The van der Waals surface area contributed by atoms with Crippen molar-refractivity contribution >= 4 is 23.0 Å². The van der Waals surface area contributed by atoms with Crippen molar-refractivity contribution in [2.24, 2.45) is 0 Å². The van der Waals surface area contributed by atoms with E-state index in [1.54, 1.807) is 19.1 Å². The first-order valence-corrected chi connectivity index (χ1v) is 12.4. The molecule has 2 aromatic carbocycles. The molecule has 0 aliphatic carbocycles. The predicted octanol–water partition coefficient (Wildman–Crippen LogP) is 4.36. The molecule has 1 atom stereocenters. The Morgan fingerprint density at radius 2 is 1.89 bits per heavy atom. The summed E-state index contributed by atoms with van der Waals surface area (Å²) in [6, 6.07) is 13.4. The van der Waals surface area contributed by atoms with Gasteiger partial charge in [-0.05, 0) is 51.7 Å². The molecule has 1 aliphatic rings. The Balaban J connectivity index is 1.76. The number of aliphatic hydroxyl groups excluding tert-OH is 1. The number of aromatic nitrogens is 1. The van der Waals surface area contributed by atoms with Crippen molar-refractivity contribution in [1.82, 2.24) is 14.8 Å². The highest BCUT2D eigenvalue weighted by Crippen LogP contribution is 2.42. The number of aliphatic hydroxyl groups is 1. The number of phenolic OH excluding ortho intramolecular Hbond substituents is 1. The lowest BCUT2D eigenvalue weighted by molar-refractivity contribution is -0.129. The quantitative estimate of drug-likeness (QED) is 0.415. The third-order valence-electron chi connectivity index (χ3n) is 6.09. The van der Waals surface area contributed by atoms with Crippen molar-refractivity contribution in [1.29, 1.82) is 0 Å². The summed E-state index contributed by atoms with van der Waals surface area (Å²) >= 11 is 1.23. The first kappa shape index (κ1) is 25.4. The number of aromatic hydroxyl groups is 1. The molecule has 4 rings (SSSR count).